The zero-order chi connectivity index (χ0) is 13.0. The maximum atomic E-state index is 9.69. The number of hydrogen-bond donors (Lipinski definition) is 1. The van der Waals surface area contributed by atoms with Crippen LogP contribution in [0.4, 0.5) is 0 Å². The Kier molecular flexibility index (Phi) is 4.78. The van der Waals surface area contributed by atoms with Gasteiger partial charge in [0.05, 0.1) is 11.8 Å². The smallest absolute Gasteiger partial charge is 0.0639 e. The molecule has 1 fully saturated rings. The zero-order valence-corrected chi connectivity index (χ0v) is 11.5. The minimum atomic E-state index is -0.264. The molecule has 1 aliphatic rings. The average Bonchev–Trinajstić information content (AvgIpc) is 2.75. The Morgan fingerprint density at radius 1 is 1.44 bits per heavy atom. The predicted molar refractivity (Wildman–Crippen MR) is 72.2 cm³/mol. The molecule has 18 heavy (non-hydrogen) atoms. The topological polar surface area (TPSA) is 41.3 Å². The van der Waals surface area contributed by atoms with Crippen LogP contribution in [0.5, 0.6) is 0 Å². The Labute approximate surface area is 110 Å². The fraction of sp³-hybridized carbons (Fsp3) is 0.786. The molecule has 0 saturated heterocycles. The molecule has 1 aliphatic carbocycles. The lowest BCUT2D eigenvalue weighted by molar-refractivity contribution is 0.0751. The summed E-state index contributed by atoms with van der Waals surface area (Å²) in [6.07, 6.45) is 8.13. The van der Waals surface area contributed by atoms with Crippen molar-refractivity contribution in [2.45, 2.75) is 57.7 Å². The Balaban J connectivity index is 2.02. The van der Waals surface area contributed by atoms with Gasteiger partial charge in [-0.3, -0.25) is 9.58 Å². The van der Waals surface area contributed by atoms with E-state index in [1.807, 2.05) is 24.9 Å². The third kappa shape index (κ3) is 3.56. The van der Waals surface area contributed by atoms with Crippen molar-refractivity contribution in [1.29, 1.82) is 0 Å². The fourth-order valence-corrected chi connectivity index (χ4v) is 2.89. The van der Waals surface area contributed by atoms with E-state index in [9.17, 15) is 5.11 Å². The van der Waals surface area contributed by atoms with Crippen molar-refractivity contribution in [3.05, 3.63) is 18.0 Å². The van der Waals surface area contributed by atoms with E-state index in [4.69, 9.17) is 0 Å². The summed E-state index contributed by atoms with van der Waals surface area (Å²) >= 11 is 0. The van der Waals surface area contributed by atoms with Crippen LogP contribution in [0.3, 0.4) is 0 Å². The predicted octanol–water partition coefficient (Wildman–Crippen LogP) is 1.94. The molecule has 1 unspecified atom stereocenters. The first-order valence-electron chi connectivity index (χ1n) is 7.06. The number of aliphatic hydroxyl groups excluding tert-OH is 1. The highest BCUT2D eigenvalue weighted by atomic mass is 16.3. The van der Waals surface area contributed by atoms with Crippen molar-refractivity contribution in [2.75, 3.05) is 6.54 Å². The van der Waals surface area contributed by atoms with Crippen LogP contribution < -0.4 is 0 Å². The number of aliphatic hydroxyl groups is 1. The molecule has 102 valence electrons. The number of nitrogens with zero attached hydrogens (tertiary/aromatic N) is 3. The minimum Gasteiger partial charge on any atom is -0.392 e. The van der Waals surface area contributed by atoms with Gasteiger partial charge in [-0.05, 0) is 25.8 Å². The first-order valence-corrected chi connectivity index (χ1v) is 7.06. The third-order valence-corrected chi connectivity index (χ3v) is 3.88. The van der Waals surface area contributed by atoms with Gasteiger partial charge in [0.2, 0.25) is 0 Å². The van der Waals surface area contributed by atoms with Gasteiger partial charge < -0.3 is 5.11 Å². The van der Waals surface area contributed by atoms with E-state index < -0.39 is 0 Å². The van der Waals surface area contributed by atoms with Gasteiger partial charge in [-0.25, -0.2) is 0 Å². The van der Waals surface area contributed by atoms with E-state index in [1.165, 1.54) is 37.8 Å². The molecule has 0 spiro atoms. The Morgan fingerprint density at radius 2 is 2.17 bits per heavy atom. The second kappa shape index (κ2) is 6.34. The molecule has 2 rings (SSSR count). The van der Waals surface area contributed by atoms with Crippen LogP contribution in [-0.4, -0.2) is 38.5 Å². The van der Waals surface area contributed by atoms with Crippen LogP contribution in [-0.2, 0) is 13.6 Å². The molecule has 0 amide bonds. The summed E-state index contributed by atoms with van der Waals surface area (Å²) in [5, 5.41) is 13.9. The second-order valence-corrected chi connectivity index (χ2v) is 5.52. The highest BCUT2D eigenvalue weighted by Crippen LogP contribution is 2.24. The number of rotatable bonds is 5. The SMILES string of the molecule is CC(O)CN(Cc1ccnn1C)C1CCCCC1. The second-order valence-electron chi connectivity index (χ2n) is 5.52. The van der Waals surface area contributed by atoms with Crippen LogP contribution >= 0.6 is 0 Å². The molecule has 0 radical (unpaired) electrons. The highest BCUT2D eigenvalue weighted by Gasteiger charge is 2.22. The van der Waals surface area contributed by atoms with Gasteiger partial charge in [-0.2, -0.15) is 5.10 Å². The molecule has 1 saturated carbocycles. The number of aromatic nitrogens is 2. The maximum absolute atomic E-state index is 9.69. The average molecular weight is 251 g/mol. The normalized spacial score (nSPS) is 19.3. The Morgan fingerprint density at radius 3 is 2.72 bits per heavy atom. The van der Waals surface area contributed by atoms with Crippen LogP contribution in [0.25, 0.3) is 0 Å². The Bertz CT molecular complexity index is 356. The minimum absolute atomic E-state index is 0.264. The molecule has 0 bridgehead atoms. The first-order chi connectivity index (χ1) is 8.66. The van der Waals surface area contributed by atoms with E-state index in [0.717, 1.165) is 13.1 Å². The molecule has 1 atom stereocenters. The summed E-state index contributed by atoms with van der Waals surface area (Å²) < 4.78 is 1.93. The maximum Gasteiger partial charge on any atom is 0.0639 e. The van der Waals surface area contributed by atoms with Crippen LogP contribution in [0.1, 0.15) is 44.7 Å². The van der Waals surface area contributed by atoms with Crippen molar-refractivity contribution < 1.29 is 5.11 Å². The molecule has 1 heterocycles. The van der Waals surface area contributed by atoms with Gasteiger partial charge in [-0.15, -0.1) is 0 Å². The summed E-state index contributed by atoms with van der Waals surface area (Å²) in [6, 6.07) is 2.70. The van der Waals surface area contributed by atoms with Gasteiger partial charge in [0.25, 0.3) is 0 Å². The molecular weight excluding hydrogens is 226 g/mol. The summed E-state index contributed by atoms with van der Waals surface area (Å²) in [5.41, 5.74) is 1.22. The molecule has 0 aromatic carbocycles. The number of hydrogen-bond acceptors (Lipinski definition) is 3. The van der Waals surface area contributed by atoms with E-state index in [2.05, 4.69) is 16.1 Å². The van der Waals surface area contributed by atoms with Crippen LogP contribution in [0, 0.1) is 0 Å². The van der Waals surface area contributed by atoms with Gasteiger partial charge in [0.1, 0.15) is 0 Å². The molecule has 1 aromatic heterocycles. The number of aryl methyl sites for hydroxylation is 1. The van der Waals surface area contributed by atoms with E-state index in [1.54, 1.807) is 0 Å². The van der Waals surface area contributed by atoms with Gasteiger partial charge in [-0.1, -0.05) is 19.3 Å². The highest BCUT2D eigenvalue weighted by molar-refractivity contribution is 5.00. The molecule has 0 aliphatic heterocycles. The van der Waals surface area contributed by atoms with E-state index in [0.29, 0.717) is 6.04 Å². The van der Waals surface area contributed by atoms with Crippen molar-refractivity contribution >= 4 is 0 Å². The summed E-state index contributed by atoms with van der Waals surface area (Å²) in [6.45, 7) is 3.53. The molecule has 1 aromatic rings. The van der Waals surface area contributed by atoms with Gasteiger partial charge in [0, 0.05) is 32.4 Å². The quantitative estimate of drug-likeness (QED) is 0.869. The van der Waals surface area contributed by atoms with E-state index >= 15 is 0 Å². The van der Waals surface area contributed by atoms with Crippen molar-refractivity contribution in [3.8, 4) is 0 Å². The van der Waals surface area contributed by atoms with E-state index in [-0.39, 0.29) is 6.10 Å². The molecular formula is C14H25N3O. The zero-order valence-electron chi connectivity index (χ0n) is 11.5. The summed E-state index contributed by atoms with van der Waals surface area (Å²) in [5.74, 6) is 0. The molecule has 4 nitrogen and oxygen atoms in total. The third-order valence-electron chi connectivity index (χ3n) is 3.88. The summed E-state index contributed by atoms with van der Waals surface area (Å²) in [7, 11) is 1.98. The first kappa shape index (κ1) is 13.6. The Hall–Kier alpha value is -0.870. The lowest BCUT2D eigenvalue weighted by Crippen LogP contribution is -2.40. The largest absolute Gasteiger partial charge is 0.392 e. The van der Waals surface area contributed by atoms with Crippen LogP contribution in [0.2, 0.25) is 0 Å². The van der Waals surface area contributed by atoms with Crippen molar-refractivity contribution in [1.82, 2.24) is 14.7 Å². The monoisotopic (exact) mass is 251 g/mol. The van der Waals surface area contributed by atoms with Gasteiger partial charge >= 0.3 is 0 Å². The van der Waals surface area contributed by atoms with Crippen molar-refractivity contribution in [2.24, 2.45) is 7.05 Å². The van der Waals surface area contributed by atoms with Gasteiger partial charge in [0.15, 0.2) is 0 Å². The van der Waals surface area contributed by atoms with Crippen LogP contribution in [0.15, 0.2) is 12.3 Å². The summed E-state index contributed by atoms with van der Waals surface area (Å²) in [4.78, 5) is 2.43. The lowest BCUT2D eigenvalue weighted by atomic mass is 9.94. The molecule has 4 heteroatoms. The standard InChI is InChI=1S/C14H25N3O/c1-12(18)10-17(13-6-4-3-5-7-13)11-14-8-9-15-16(14)2/h8-9,12-13,18H,3-7,10-11H2,1-2H3. The lowest BCUT2D eigenvalue weighted by Gasteiger charge is -2.35. The molecule has 1 N–H and O–H groups in total. The fourth-order valence-electron chi connectivity index (χ4n) is 2.89. The van der Waals surface area contributed by atoms with Crippen molar-refractivity contribution in [3.63, 3.8) is 0 Å².